The molecule has 122 valence electrons. The number of rotatable bonds is 12. The summed E-state index contributed by atoms with van der Waals surface area (Å²) in [4.78, 5) is 23.1. The first-order valence-corrected chi connectivity index (χ1v) is 7.99. The fourth-order valence-electron chi connectivity index (χ4n) is 1.97. The van der Waals surface area contributed by atoms with Crippen LogP contribution in [0.5, 0.6) is 0 Å². The highest BCUT2D eigenvalue weighted by molar-refractivity contribution is 5.72. The Hall–Kier alpha value is -1.32. The SMILES string of the molecule is C=CCC(C)OC(=O)CCCC(=O)OC(C)CCCCC. The maximum Gasteiger partial charge on any atom is 0.306 e. The number of esters is 2. The molecule has 0 heterocycles. The second-order valence-electron chi connectivity index (χ2n) is 5.47. The van der Waals surface area contributed by atoms with Gasteiger partial charge in [-0.05, 0) is 33.1 Å². The van der Waals surface area contributed by atoms with E-state index >= 15 is 0 Å². The summed E-state index contributed by atoms with van der Waals surface area (Å²) in [6.07, 6.45) is 7.47. The smallest absolute Gasteiger partial charge is 0.306 e. The summed E-state index contributed by atoms with van der Waals surface area (Å²) in [5.74, 6) is -0.501. The lowest BCUT2D eigenvalue weighted by Crippen LogP contribution is -2.16. The molecule has 0 N–H and O–H groups in total. The zero-order valence-corrected chi connectivity index (χ0v) is 13.7. The van der Waals surface area contributed by atoms with Gasteiger partial charge in [0.15, 0.2) is 0 Å². The van der Waals surface area contributed by atoms with Gasteiger partial charge in [-0.25, -0.2) is 0 Å². The van der Waals surface area contributed by atoms with Crippen molar-refractivity contribution in [2.75, 3.05) is 0 Å². The molecular formula is C17H30O4. The maximum atomic E-state index is 11.6. The third-order valence-corrected chi connectivity index (χ3v) is 3.14. The topological polar surface area (TPSA) is 52.6 Å². The van der Waals surface area contributed by atoms with E-state index < -0.39 is 0 Å². The maximum absolute atomic E-state index is 11.6. The Morgan fingerprint density at radius 1 is 1.00 bits per heavy atom. The quantitative estimate of drug-likeness (QED) is 0.308. The summed E-state index contributed by atoms with van der Waals surface area (Å²) in [6, 6.07) is 0. The van der Waals surface area contributed by atoms with Crippen LogP contribution in [0.4, 0.5) is 0 Å². The zero-order chi connectivity index (χ0) is 16.1. The molecule has 0 aliphatic heterocycles. The number of ether oxygens (including phenoxy) is 2. The lowest BCUT2D eigenvalue weighted by atomic mass is 10.1. The van der Waals surface area contributed by atoms with E-state index in [9.17, 15) is 9.59 Å². The average Bonchev–Trinajstić information content (AvgIpc) is 2.38. The van der Waals surface area contributed by atoms with E-state index in [1.807, 2.05) is 13.8 Å². The first kappa shape index (κ1) is 19.7. The van der Waals surface area contributed by atoms with Crippen LogP contribution in [0.15, 0.2) is 12.7 Å². The van der Waals surface area contributed by atoms with Crippen LogP contribution >= 0.6 is 0 Å². The predicted molar refractivity (Wildman–Crippen MR) is 83.9 cm³/mol. The van der Waals surface area contributed by atoms with Gasteiger partial charge in [-0.15, -0.1) is 6.58 Å². The number of hydrogen-bond donors (Lipinski definition) is 0. The van der Waals surface area contributed by atoms with Crippen LogP contribution in [0, 0.1) is 0 Å². The van der Waals surface area contributed by atoms with Gasteiger partial charge in [-0.2, -0.15) is 0 Å². The van der Waals surface area contributed by atoms with Crippen LogP contribution < -0.4 is 0 Å². The molecule has 2 unspecified atom stereocenters. The third kappa shape index (κ3) is 12.2. The highest BCUT2D eigenvalue weighted by Gasteiger charge is 2.12. The molecule has 21 heavy (non-hydrogen) atoms. The first-order valence-electron chi connectivity index (χ1n) is 7.99. The molecule has 0 spiro atoms. The van der Waals surface area contributed by atoms with Crippen LogP contribution in [-0.4, -0.2) is 24.1 Å². The van der Waals surface area contributed by atoms with Crippen molar-refractivity contribution in [3.05, 3.63) is 12.7 Å². The average molecular weight is 298 g/mol. The van der Waals surface area contributed by atoms with Crippen LogP contribution in [0.3, 0.4) is 0 Å². The largest absolute Gasteiger partial charge is 0.463 e. The highest BCUT2D eigenvalue weighted by atomic mass is 16.5. The third-order valence-electron chi connectivity index (χ3n) is 3.14. The molecule has 0 saturated heterocycles. The molecule has 0 saturated carbocycles. The molecule has 0 aromatic carbocycles. The van der Waals surface area contributed by atoms with Gasteiger partial charge in [-0.1, -0.05) is 25.8 Å². The molecule has 4 nitrogen and oxygen atoms in total. The molecule has 0 amide bonds. The molecule has 0 rings (SSSR count). The van der Waals surface area contributed by atoms with Gasteiger partial charge in [0.2, 0.25) is 0 Å². The van der Waals surface area contributed by atoms with Crippen molar-refractivity contribution in [1.29, 1.82) is 0 Å². The van der Waals surface area contributed by atoms with E-state index in [4.69, 9.17) is 9.47 Å². The lowest BCUT2D eigenvalue weighted by molar-refractivity contribution is -0.150. The molecule has 0 fully saturated rings. The van der Waals surface area contributed by atoms with Gasteiger partial charge in [0.1, 0.15) is 6.10 Å². The van der Waals surface area contributed by atoms with Crippen molar-refractivity contribution in [1.82, 2.24) is 0 Å². The number of carbonyl (C=O) groups excluding carboxylic acids is 2. The van der Waals surface area contributed by atoms with Crippen molar-refractivity contribution in [2.45, 2.75) is 84.3 Å². The molecule has 2 atom stereocenters. The Bertz CT molecular complexity index is 312. The van der Waals surface area contributed by atoms with Crippen LogP contribution in [0.2, 0.25) is 0 Å². The Morgan fingerprint density at radius 2 is 1.57 bits per heavy atom. The van der Waals surface area contributed by atoms with Crippen LogP contribution in [0.1, 0.15) is 72.1 Å². The molecular weight excluding hydrogens is 268 g/mol. The Labute approximate surface area is 128 Å². The molecule has 0 aromatic heterocycles. The predicted octanol–water partition coefficient (Wildman–Crippen LogP) is 4.18. The standard InChI is InChI=1S/C17H30O4/c1-5-7-8-11-15(4)21-17(19)13-9-12-16(18)20-14(3)10-6-2/h6,14-15H,2,5,7-13H2,1,3-4H3. The fourth-order valence-corrected chi connectivity index (χ4v) is 1.97. The monoisotopic (exact) mass is 298 g/mol. The van der Waals surface area contributed by atoms with Crippen molar-refractivity contribution < 1.29 is 19.1 Å². The summed E-state index contributed by atoms with van der Waals surface area (Å²) in [7, 11) is 0. The van der Waals surface area contributed by atoms with Gasteiger partial charge in [0.25, 0.3) is 0 Å². The minimum Gasteiger partial charge on any atom is -0.463 e. The number of carbonyl (C=O) groups is 2. The van der Waals surface area contributed by atoms with E-state index in [1.54, 1.807) is 6.08 Å². The minimum absolute atomic E-state index is 0.0383. The molecule has 0 bridgehead atoms. The first-order chi connectivity index (χ1) is 9.99. The minimum atomic E-state index is -0.270. The molecule has 4 heteroatoms. The fraction of sp³-hybridized carbons (Fsp3) is 0.765. The molecule has 0 aromatic rings. The second kappa shape index (κ2) is 12.4. The Kier molecular flexibility index (Phi) is 11.6. The van der Waals surface area contributed by atoms with E-state index in [1.165, 1.54) is 0 Å². The van der Waals surface area contributed by atoms with E-state index in [0.717, 1.165) is 25.7 Å². The van der Waals surface area contributed by atoms with Gasteiger partial charge in [0.05, 0.1) is 6.10 Å². The van der Waals surface area contributed by atoms with E-state index in [2.05, 4.69) is 13.5 Å². The Morgan fingerprint density at radius 3 is 2.10 bits per heavy atom. The summed E-state index contributed by atoms with van der Waals surface area (Å²) < 4.78 is 10.5. The van der Waals surface area contributed by atoms with E-state index in [0.29, 0.717) is 12.8 Å². The summed E-state index contributed by atoms with van der Waals surface area (Å²) in [5, 5.41) is 0. The molecule has 0 radical (unpaired) electrons. The normalized spacial score (nSPS) is 13.3. The van der Waals surface area contributed by atoms with Crippen LogP contribution in [0.25, 0.3) is 0 Å². The molecule has 0 aliphatic carbocycles. The number of unbranched alkanes of at least 4 members (excludes halogenated alkanes) is 2. The van der Waals surface area contributed by atoms with Crippen molar-refractivity contribution in [2.24, 2.45) is 0 Å². The van der Waals surface area contributed by atoms with Crippen molar-refractivity contribution in [3.63, 3.8) is 0 Å². The van der Waals surface area contributed by atoms with Gasteiger partial charge in [0, 0.05) is 19.3 Å². The van der Waals surface area contributed by atoms with Crippen molar-refractivity contribution in [3.8, 4) is 0 Å². The summed E-state index contributed by atoms with van der Waals surface area (Å²) in [5.41, 5.74) is 0. The Balaban J connectivity index is 3.69. The summed E-state index contributed by atoms with van der Waals surface area (Å²) in [6.45, 7) is 9.48. The van der Waals surface area contributed by atoms with Gasteiger partial charge < -0.3 is 9.47 Å². The zero-order valence-electron chi connectivity index (χ0n) is 13.7. The van der Waals surface area contributed by atoms with Gasteiger partial charge in [-0.3, -0.25) is 9.59 Å². The van der Waals surface area contributed by atoms with E-state index in [-0.39, 0.29) is 37.0 Å². The highest BCUT2D eigenvalue weighted by Crippen LogP contribution is 2.09. The summed E-state index contributed by atoms with van der Waals surface area (Å²) >= 11 is 0. The van der Waals surface area contributed by atoms with Gasteiger partial charge >= 0.3 is 11.9 Å². The lowest BCUT2D eigenvalue weighted by Gasteiger charge is -2.13. The van der Waals surface area contributed by atoms with Crippen molar-refractivity contribution >= 4 is 11.9 Å². The molecule has 0 aliphatic rings. The van der Waals surface area contributed by atoms with Crippen LogP contribution in [-0.2, 0) is 19.1 Å². The number of hydrogen-bond acceptors (Lipinski definition) is 4. The second-order valence-corrected chi connectivity index (χ2v) is 5.47.